The van der Waals surface area contributed by atoms with Gasteiger partial charge in [0.05, 0.1) is 20.8 Å². The van der Waals surface area contributed by atoms with Gasteiger partial charge in [-0.05, 0) is 24.6 Å². The number of nitrogens with zero attached hydrogens (tertiary/aromatic N) is 2. The van der Waals surface area contributed by atoms with E-state index in [-0.39, 0.29) is 12.1 Å². The van der Waals surface area contributed by atoms with Gasteiger partial charge in [-0.1, -0.05) is 6.92 Å². The topological polar surface area (TPSA) is 93.2 Å². The van der Waals surface area contributed by atoms with Crippen LogP contribution >= 0.6 is 0 Å². The molecular formula is C16H18N2O6. The van der Waals surface area contributed by atoms with Crippen LogP contribution < -0.4 is 9.47 Å². The van der Waals surface area contributed by atoms with Crippen molar-refractivity contribution < 1.29 is 28.7 Å². The molecule has 0 saturated carbocycles. The molecular weight excluding hydrogens is 316 g/mol. The Labute approximate surface area is 138 Å². The Morgan fingerprint density at radius 2 is 1.62 bits per heavy atom. The Balaban J connectivity index is 2.19. The molecule has 24 heavy (non-hydrogen) atoms. The predicted octanol–water partition coefficient (Wildman–Crippen LogP) is 1.09. The zero-order valence-electron chi connectivity index (χ0n) is 13.7. The quantitative estimate of drug-likeness (QED) is 0.421. The number of rotatable bonds is 7. The predicted molar refractivity (Wildman–Crippen MR) is 83.0 cm³/mol. The number of urea groups is 1. The molecule has 1 saturated heterocycles. The van der Waals surface area contributed by atoms with E-state index in [0.717, 1.165) is 4.90 Å². The number of hydrogen-bond donors (Lipinski definition) is 0. The molecule has 1 aliphatic heterocycles. The van der Waals surface area contributed by atoms with Crippen molar-refractivity contribution in [1.82, 2.24) is 9.80 Å². The molecule has 4 amide bonds. The number of amides is 4. The zero-order chi connectivity index (χ0) is 17.9. The number of Topliss-reactive ketones (excluding diaryl/α,β-unsaturated/α-hetero) is 1. The Morgan fingerprint density at radius 3 is 2.21 bits per heavy atom. The first-order valence-corrected chi connectivity index (χ1v) is 7.37. The molecule has 0 unspecified atom stereocenters. The van der Waals surface area contributed by atoms with Crippen molar-refractivity contribution in [3.8, 4) is 11.5 Å². The maximum Gasteiger partial charge on any atom is 0.334 e. The van der Waals surface area contributed by atoms with Crippen LogP contribution in [0.1, 0.15) is 23.7 Å². The van der Waals surface area contributed by atoms with Crippen LogP contribution in [0.25, 0.3) is 0 Å². The van der Waals surface area contributed by atoms with Crippen molar-refractivity contribution in [3.63, 3.8) is 0 Å². The summed E-state index contributed by atoms with van der Waals surface area (Å²) in [7, 11) is 2.90. The second-order valence-corrected chi connectivity index (χ2v) is 5.12. The smallest absolute Gasteiger partial charge is 0.334 e. The highest BCUT2D eigenvalue weighted by Gasteiger charge is 2.44. The van der Waals surface area contributed by atoms with E-state index in [1.54, 1.807) is 13.0 Å². The molecule has 1 aromatic rings. The van der Waals surface area contributed by atoms with Crippen molar-refractivity contribution in [1.29, 1.82) is 0 Å². The first kappa shape index (κ1) is 17.5. The number of ketones is 1. The fraction of sp³-hybridized carbons (Fsp3) is 0.375. The van der Waals surface area contributed by atoms with Gasteiger partial charge in [0, 0.05) is 12.1 Å². The fourth-order valence-electron chi connectivity index (χ4n) is 2.36. The highest BCUT2D eigenvalue weighted by molar-refractivity contribution is 6.45. The van der Waals surface area contributed by atoms with E-state index < -0.39 is 30.2 Å². The highest BCUT2D eigenvalue weighted by atomic mass is 16.5. The number of carbonyl (C=O) groups excluding carboxylic acids is 4. The molecule has 0 radical (unpaired) electrons. The van der Waals surface area contributed by atoms with Gasteiger partial charge in [0.1, 0.15) is 0 Å². The van der Waals surface area contributed by atoms with E-state index in [4.69, 9.17) is 9.47 Å². The second kappa shape index (κ2) is 7.12. The molecule has 8 heteroatoms. The fourth-order valence-corrected chi connectivity index (χ4v) is 2.36. The van der Waals surface area contributed by atoms with Crippen LogP contribution in [-0.2, 0) is 9.59 Å². The van der Waals surface area contributed by atoms with E-state index in [0.29, 0.717) is 22.8 Å². The standard InChI is InChI=1S/C16H18N2O6/c1-4-7-17-14(20)15(21)18(16(17)22)9-11(19)10-5-6-12(23-2)13(8-10)24-3/h5-6,8H,4,7,9H2,1-3H3. The van der Waals surface area contributed by atoms with E-state index in [9.17, 15) is 19.2 Å². The molecule has 0 bridgehead atoms. The third-order valence-corrected chi connectivity index (χ3v) is 3.59. The third-order valence-electron chi connectivity index (χ3n) is 3.59. The first-order valence-electron chi connectivity index (χ1n) is 7.37. The molecule has 0 aromatic heterocycles. The molecule has 128 valence electrons. The van der Waals surface area contributed by atoms with E-state index in [2.05, 4.69) is 0 Å². The summed E-state index contributed by atoms with van der Waals surface area (Å²) < 4.78 is 10.2. The van der Waals surface area contributed by atoms with Gasteiger partial charge < -0.3 is 9.47 Å². The third kappa shape index (κ3) is 3.08. The highest BCUT2D eigenvalue weighted by Crippen LogP contribution is 2.28. The molecule has 1 fully saturated rings. The molecule has 8 nitrogen and oxygen atoms in total. The Kier molecular flexibility index (Phi) is 5.18. The lowest BCUT2D eigenvalue weighted by atomic mass is 10.1. The molecule has 1 aromatic carbocycles. The van der Waals surface area contributed by atoms with Crippen molar-refractivity contribution >= 4 is 23.6 Å². The van der Waals surface area contributed by atoms with Crippen LogP contribution in [0.4, 0.5) is 4.79 Å². The summed E-state index contributed by atoms with van der Waals surface area (Å²) in [5.74, 6) is -1.56. The summed E-state index contributed by atoms with van der Waals surface area (Å²) in [6.45, 7) is 1.42. The molecule has 0 atom stereocenters. The minimum absolute atomic E-state index is 0.143. The van der Waals surface area contributed by atoms with Crippen molar-refractivity contribution in [2.45, 2.75) is 13.3 Å². The summed E-state index contributed by atoms with van der Waals surface area (Å²) >= 11 is 0. The van der Waals surface area contributed by atoms with Crippen LogP contribution in [0.3, 0.4) is 0 Å². The molecule has 1 heterocycles. The Hall–Kier alpha value is -2.90. The zero-order valence-corrected chi connectivity index (χ0v) is 13.7. The number of methoxy groups -OCH3 is 2. The summed E-state index contributed by atoms with van der Waals surface area (Å²) in [5.41, 5.74) is 0.245. The molecule has 0 N–H and O–H groups in total. The monoisotopic (exact) mass is 334 g/mol. The van der Waals surface area contributed by atoms with Gasteiger partial charge in [-0.15, -0.1) is 0 Å². The van der Waals surface area contributed by atoms with Gasteiger partial charge in [0.2, 0.25) is 0 Å². The lowest BCUT2D eigenvalue weighted by Crippen LogP contribution is -2.37. The van der Waals surface area contributed by atoms with Gasteiger partial charge in [0.15, 0.2) is 17.3 Å². The summed E-state index contributed by atoms with van der Waals surface area (Å²) in [6, 6.07) is 3.74. The Bertz CT molecular complexity index is 700. The average molecular weight is 334 g/mol. The SMILES string of the molecule is CCCN1C(=O)C(=O)N(CC(=O)c2ccc(OC)c(OC)c2)C1=O. The van der Waals surface area contributed by atoms with E-state index in [1.165, 1.54) is 26.4 Å². The number of benzene rings is 1. The van der Waals surface area contributed by atoms with Crippen molar-refractivity contribution in [3.05, 3.63) is 23.8 Å². The molecule has 1 aliphatic rings. The lowest BCUT2D eigenvalue weighted by molar-refractivity contribution is -0.143. The number of carbonyl (C=O) groups is 4. The van der Waals surface area contributed by atoms with E-state index >= 15 is 0 Å². The number of ether oxygens (including phenoxy) is 2. The van der Waals surface area contributed by atoms with Crippen LogP contribution in [0.15, 0.2) is 18.2 Å². The number of imide groups is 2. The van der Waals surface area contributed by atoms with Crippen LogP contribution in [0.5, 0.6) is 11.5 Å². The molecule has 0 spiro atoms. The molecule has 0 aliphatic carbocycles. The maximum atomic E-state index is 12.4. The second-order valence-electron chi connectivity index (χ2n) is 5.12. The van der Waals surface area contributed by atoms with Gasteiger partial charge in [-0.3, -0.25) is 19.3 Å². The van der Waals surface area contributed by atoms with Crippen molar-refractivity contribution in [2.24, 2.45) is 0 Å². The lowest BCUT2D eigenvalue weighted by Gasteiger charge is -2.14. The van der Waals surface area contributed by atoms with Crippen LogP contribution in [0, 0.1) is 0 Å². The molecule has 2 rings (SSSR count). The van der Waals surface area contributed by atoms with Gasteiger partial charge in [0.25, 0.3) is 0 Å². The van der Waals surface area contributed by atoms with E-state index in [1.807, 2.05) is 0 Å². The summed E-state index contributed by atoms with van der Waals surface area (Å²) in [5, 5.41) is 0. The van der Waals surface area contributed by atoms with Crippen molar-refractivity contribution in [2.75, 3.05) is 27.3 Å². The van der Waals surface area contributed by atoms with Gasteiger partial charge in [-0.25, -0.2) is 9.69 Å². The first-order chi connectivity index (χ1) is 11.4. The summed E-state index contributed by atoms with van der Waals surface area (Å²) in [4.78, 5) is 49.7. The summed E-state index contributed by atoms with van der Waals surface area (Å²) in [6.07, 6.45) is 0.530. The largest absolute Gasteiger partial charge is 0.493 e. The number of hydrogen-bond acceptors (Lipinski definition) is 6. The minimum atomic E-state index is -0.984. The van der Waals surface area contributed by atoms with Crippen LogP contribution in [-0.4, -0.2) is 60.7 Å². The van der Waals surface area contributed by atoms with Gasteiger partial charge in [-0.2, -0.15) is 0 Å². The van der Waals surface area contributed by atoms with Crippen LogP contribution in [0.2, 0.25) is 0 Å². The van der Waals surface area contributed by atoms with Gasteiger partial charge >= 0.3 is 17.8 Å². The minimum Gasteiger partial charge on any atom is -0.493 e. The average Bonchev–Trinajstić information content (AvgIpc) is 2.79. The normalized spacial score (nSPS) is 14.4. The maximum absolute atomic E-state index is 12.4. The Morgan fingerprint density at radius 1 is 1.00 bits per heavy atom.